The summed E-state index contributed by atoms with van der Waals surface area (Å²) in [6.45, 7) is 5.74. The molecule has 1 aromatic carbocycles. The lowest BCUT2D eigenvalue weighted by molar-refractivity contribution is -0.142. The lowest BCUT2D eigenvalue weighted by Crippen LogP contribution is -2.17. The van der Waals surface area contributed by atoms with Crippen molar-refractivity contribution < 1.29 is 23.8 Å². The second-order valence-electron chi connectivity index (χ2n) is 7.81. The summed E-state index contributed by atoms with van der Waals surface area (Å²) >= 11 is 0. The molecule has 10 nitrogen and oxygen atoms in total. The second kappa shape index (κ2) is 9.46. The molecule has 2 aromatic heterocycles. The highest BCUT2D eigenvalue weighted by atomic mass is 16.6. The van der Waals surface area contributed by atoms with Gasteiger partial charge in [-0.2, -0.15) is 9.78 Å². The zero-order valence-corrected chi connectivity index (χ0v) is 18.6. The van der Waals surface area contributed by atoms with E-state index in [-0.39, 0.29) is 17.8 Å². The van der Waals surface area contributed by atoms with Crippen molar-refractivity contribution in [2.24, 2.45) is 0 Å². The lowest BCUT2D eigenvalue weighted by Gasteiger charge is -2.13. The van der Waals surface area contributed by atoms with Crippen LogP contribution in [0.15, 0.2) is 42.7 Å². The third-order valence-corrected chi connectivity index (χ3v) is 4.46. The summed E-state index contributed by atoms with van der Waals surface area (Å²) in [5, 5.41) is 7.43. The number of rotatable bonds is 7. The maximum Gasteiger partial charge on any atom is 0.343 e. The van der Waals surface area contributed by atoms with E-state index >= 15 is 0 Å². The SMILES string of the molecule is COC(=O)COc1cc(C(=O)Nc2cc(C(C)(C)C)nn2-c2ncccn2)ccc1OC. The van der Waals surface area contributed by atoms with Crippen molar-refractivity contribution in [3.8, 4) is 17.4 Å². The van der Waals surface area contributed by atoms with Gasteiger partial charge in [-0.1, -0.05) is 20.8 Å². The van der Waals surface area contributed by atoms with Gasteiger partial charge in [-0.25, -0.2) is 14.8 Å². The van der Waals surface area contributed by atoms with E-state index < -0.39 is 11.9 Å². The molecule has 32 heavy (non-hydrogen) atoms. The van der Waals surface area contributed by atoms with Gasteiger partial charge in [-0.05, 0) is 24.3 Å². The van der Waals surface area contributed by atoms with Crippen LogP contribution in [-0.4, -0.2) is 52.5 Å². The first kappa shape index (κ1) is 22.7. The van der Waals surface area contributed by atoms with E-state index in [1.54, 1.807) is 36.7 Å². The fraction of sp³-hybridized carbons (Fsp3) is 0.318. The van der Waals surface area contributed by atoms with Crippen LogP contribution in [0.5, 0.6) is 11.5 Å². The summed E-state index contributed by atoms with van der Waals surface area (Å²) in [4.78, 5) is 32.9. The van der Waals surface area contributed by atoms with Crippen LogP contribution in [0.25, 0.3) is 5.95 Å². The van der Waals surface area contributed by atoms with Gasteiger partial charge in [0.25, 0.3) is 11.9 Å². The highest BCUT2D eigenvalue weighted by molar-refractivity contribution is 6.04. The first-order chi connectivity index (χ1) is 15.2. The van der Waals surface area contributed by atoms with E-state index in [2.05, 4.69) is 25.1 Å². The molecule has 1 N–H and O–H groups in total. The fourth-order valence-electron chi connectivity index (χ4n) is 2.70. The van der Waals surface area contributed by atoms with Gasteiger partial charge >= 0.3 is 5.97 Å². The summed E-state index contributed by atoms with van der Waals surface area (Å²) in [5.41, 5.74) is 0.802. The molecule has 2 heterocycles. The molecular formula is C22H25N5O5. The average Bonchev–Trinajstić information content (AvgIpc) is 3.22. The van der Waals surface area contributed by atoms with Gasteiger partial charge in [0.15, 0.2) is 18.1 Å². The van der Waals surface area contributed by atoms with Gasteiger partial charge in [-0.3, -0.25) is 4.79 Å². The zero-order chi connectivity index (χ0) is 23.3. The standard InChI is InChI=1S/C22H25N5O5/c1-22(2,3)17-12-18(27(26-17)21-23-9-6-10-24-21)25-20(29)14-7-8-15(30-4)16(11-14)32-13-19(28)31-5/h6-12H,13H2,1-5H3,(H,25,29). The van der Waals surface area contributed by atoms with Gasteiger partial charge in [0.2, 0.25) is 0 Å². The largest absolute Gasteiger partial charge is 0.493 e. The van der Waals surface area contributed by atoms with Gasteiger partial charge in [0.1, 0.15) is 5.82 Å². The molecule has 0 atom stereocenters. The minimum absolute atomic E-state index is 0.237. The van der Waals surface area contributed by atoms with E-state index in [0.717, 1.165) is 5.69 Å². The molecular weight excluding hydrogens is 414 g/mol. The zero-order valence-electron chi connectivity index (χ0n) is 18.6. The number of benzene rings is 1. The number of hydrogen-bond acceptors (Lipinski definition) is 8. The van der Waals surface area contributed by atoms with Crippen LogP contribution in [0.1, 0.15) is 36.8 Å². The Balaban J connectivity index is 1.91. The van der Waals surface area contributed by atoms with Gasteiger partial charge < -0.3 is 19.5 Å². The molecule has 10 heteroatoms. The van der Waals surface area contributed by atoms with E-state index in [9.17, 15) is 9.59 Å². The number of aromatic nitrogens is 4. The molecule has 0 aliphatic carbocycles. The smallest absolute Gasteiger partial charge is 0.343 e. The predicted octanol–water partition coefficient (Wildman–Crippen LogP) is 2.77. The van der Waals surface area contributed by atoms with E-state index in [0.29, 0.717) is 23.1 Å². The third-order valence-electron chi connectivity index (χ3n) is 4.46. The Morgan fingerprint density at radius 1 is 1.06 bits per heavy atom. The molecule has 0 aliphatic heterocycles. The van der Waals surface area contributed by atoms with E-state index in [1.165, 1.54) is 25.0 Å². The molecule has 0 saturated carbocycles. The highest BCUT2D eigenvalue weighted by Crippen LogP contribution is 2.29. The minimum atomic E-state index is -0.552. The summed E-state index contributed by atoms with van der Waals surface area (Å²) in [6, 6.07) is 8.14. The van der Waals surface area contributed by atoms with E-state index in [4.69, 9.17) is 9.47 Å². The third kappa shape index (κ3) is 5.20. The Bertz CT molecular complexity index is 1110. The molecule has 0 saturated heterocycles. The van der Waals surface area contributed by atoms with Gasteiger partial charge in [0.05, 0.1) is 19.9 Å². The molecule has 0 fully saturated rings. The van der Waals surface area contributed by atoms with Crippen LogP contribution in [-0.2, 0) is 14.9 Å². The van der Waals surface area contributed by atoms with Crippen LogP contribution in [0.2, 0.25) is 0 Å². The van der Waals surface area contributed by atoms with Gasteiger partial charge in [0, 0.05) is 29.4 Å². The monoisotopic (exact) mass is 439 g/mol. The minimum Gasteiger partial charge on any atom is -0.493 e. The number of carbonyl (C=O) groups is 2. The molecule has 0 unspecified atom stereocenters. The second-order valence-corrected chi connectivity index (χ2v) is 7.81. The van der Waals surface area contributed by atoms with Crippen molar-refractivity contribution >= 4 is 17.7 Å². The first-order valence-corrected chi connectivity index (χ1v) is 9.80. The lowest BCUT2D eigenvalue weighted by atomic mass is 9.92. The van der Waals surface area contributed by atoms with Crippen LogP contribution in [0.4, 0.5) is 5.82 Å². The Morgan fingerprint density at radius 2 is 1.78 bits per heavy atom. The number of nitrogens with one attached hydrogen (secondary N) is 1. The topological polar surface area (TPSA) is 117 Å². The normalized spacial score (nSPS) is 11.0. The number of nitrogens with zero attached hydrogens (tertiary/aromatic N) is 4. The Kier molecular flexibility index (Phi) is 6.72. The van der Waals surface area contributed by atoms with Crippen molar-refractivity contribution in [1.29, 1.82) is 0 Å². The Labute approximate surface area is 185 Å². The van der Waals surface area contributed by atoms with Crippen molar-refractivity contribution in [1.82, 2.24) is 19.7 Å². The van der Waals surface area contributed by atoms with Crippen LogP contribution >= 0.6 is 0 Å². The maximum absolute atomic E-state index is 13.0. The number of ether oxygens (including phenoxy) is 3. The molecule has 0 aliphatic rings. The number of carbonyl (C=O) groups excluding carboxylic acids is 2. The Hall–Kier alpha value is -3.95. The van der Waals surface area contributed by atoms with Crippen molar-refractivity contribution in [3.05, 3.63) is 54.0 Å². The molecule has 3 rings (SSSR count). The number of anilines is 1. The maximum atomic E-state index is 13.0. The van der Waals surface area contributed by atoms with Gasteiger partial charge in [-0.15, -0.1) is 0 Å². The van der Waals surface area contributed by atoms with Crippen molar-refractivity contribution in [2.75, 3.05) is 26.1 Å². The number of esters is 1. The fourth-order valence-corrected chi connectivity index (χ4v) is 2.70. The number of hydrogen-bond donors (Lipinski definition) is 1. The summed E-state index contributed by atoms with van der Waals surface area (Å²) in [7, 11) is 2.73. The van der Waals surface area contributed by atoms with Crippen LogP contribution in [0, 0.1) is 0 Å². The average molecular weight is 439 g/mol. The number of amides is 1. The quantitative estimate of drug-likeness (QED) is 0.559. The first-order valence-electron chi connectivity index (χ1n) is 9.80. The molecule has 0 spiro atoms. The summed E-state index contributed by atoms with van der Waals surface area (Å²) in [6.07, 6.45) is 3.20. The van der Waals surface area contributed by atoms with Crippen LogP contribution < -0.4 is 14.8 Å². The van der Waals surface area contributed by atoms with E-state index in [1.807, 2.05) is 20.8 Å². The molecule has 1 amide bonds. The molecule has 0 bridgehead atoms. The summed E-state index contributed by atoms with van der Waals surface area (Å²) < 4.78 is 16.8. The van der Waals surface area contributed by atoms with Crippen LogP contribution in [0.3, 0.4) is 0 Å². The molecule has 168 valence electrons. The summed E-state index contributed by atoms with van der Waals surface area (Å²) in [5.74, 6) is 0.398. The number of methoxy groups -OCH3 is 2. The van der Waals surface area contributed by atoms with Crippen molar-refractivity contribution in [2.45, 2.75) is 26.2 Å². The predicted molar refractivity (Wildman–Crippen MR) is 116 cm³/mol. The van der Waals surface area contributed by atoms with Crippen molar-refractivity contribution in [3.63, 3.8) is 0 Å². The molecule has 0 radical (unpaired) electrons. The molecule has 3 aromatic rings. The highest BCUT2D eigenvalue weighted by Gasteiger charge is 2.23. The Morgan fingerprint density at radius 3 is 2.41 bits per heavy atom.